The lowest BCUT2D eigenvalue weighted by molar-refractivity contribution is 0.0920. The fraction of sp³-hybridized carbons (Fsp3) is 0.385. The molecule has 0 heterocycles. The average molecular weight is 319 g/mol. The van der Waals surface area contributed by atoms with Gasteiger partial charge in [-0.3, -0.25) is 4.79 Å². The number of hydrogen-bond donors (Lipinski definition) is 2. The Labute approximate surface area is 128 Å². The number of amides is 1. The highest BCUT2D eigenvalue weighted by atomic mass is 35.5. The van der Waals surface area contributed by atoms with Crippen LogP contribution in [0.1, 0.15) is 37.0 Å². The molecule has 0 aliphatic carbocycles. The molecule has 104 valence electrons. The van der Waals surface area contributed by atoms with Crippen molar-refractivity contribution in [2.75, 3.05) is 0 Å². The smallest absolute Gasteiger partial charge is 0.252 e. The van der Waals surface area contributed by atoms with Crippen molar-refractivity contribution in [3.63, 3.8) is 0 Å². The van der Waals surface area contributed by atoms with Crippen LogP contribution in [-0.4, -0.2) is 16.4 Å². The molecule has 1 amide bonds. The Kier molecular flexibility index (Phi) is 5.59. The third-order valence-corrected chi connectivity index (χ3v) is 4.34. The second-order valence-electron chi connectivity index (χ2n) is 4.24. The van der Waals surface area contributed by atoms with Crippen molar-refractivity contribution in [1.82, 2.24) is 5.32 Å². The molecular weight excluding hydrogens is 303 g/mol. The Balaban J connectivity index is 3.00. The maximum absolute atomic E-state index is 12.2. The molecule has 0 aliphatic heterocycles. The van der Waals surface area contributed by atoms with Crippen LogP contribution >= 0.6 is 35.4 Å². The van der Waals surface area contributed by atoms with Crippen LogP contribution < -0.4 is 11.1 Å². The summed E-state index contributed by atoms with van der Waals surface area (Å²) in [6.45, 7) is 3.86. The van der Waals surface area contributed by atoms with Crippen LogP contribution in [0.15, 0.2) is 18.2 Å². The van der Waals surface area contributed by atoms with Gasteiger partial charge in [0.2, 0.25) is 0 Å². The SMILES string of the molecule is CCC(CC)(NC(=O)c1ccc(Cl)c(Cl)c1)C(N)=S. The molecule has 0 saturated heterocycles. The molecular formula is C13H16Cl2N2OS. The van der Waals surface area contributed by atoms with Gasteiger partial charge in [-0.2, -0.15) is 0 Å². The third-order valence-electron chi connectivity index (χ3n) is 3.21. The number of rotatable bonds is 5. The summed E-state index contributed by atoms with van der Waals surface area (Å²) in [7, 11) is 0. The molecule has 1 aromatic carbocycles. The van der Waals surface area contributed by atoms with Crippen LogP contribution in [0.2, 0.25) is 10.0 Å². The monoisotopic (exact) mass is 318 g/mol. The van der Waals surface area contributed by atoms with Crippen LogP contribution in [0.25, 0.3) is 0 Å². The van der Waals surface area contributed by atoms with E-state index in [-0.39, 0.29) is 10.9 Å². The normalized spacial score (nSPS) is 11.2. The Bertz CT molecular complexity index is 501. The summed E-state index contributed by atoms with van der Waals surface area (Å²) in [6, 6.07) is 4.72. The number of carbonyl (C=O) groups is 1. The van der Waals surface area contributed by atoms with Crippen LogP contribution in [0.3, 0.4) is 0 Å². The highest BCUT2D eigenvalue weighted by Gasteiger charge is 2.31. The Hall–Kier alpha value is -0.840. The Morgan fingerprint density at radius 2 is 1.89 bits per heavy atom. The van der Waals surface area contributed by atoms with Crippen LogP contribution in [0, 0.1) is 0 Å². The van der Waals surface area contributed by atoms with Gasteiger partial charge in [0.25, 0.3) is 5.91 Å². The molecule has 0 radical (unpaired) electrons. The lowest BCUT2D eigenvalue weighted by Crippen LogP contribution is -2.55. The van der Waals surface area contributed by atoms with Crippen molar-refractivity contribution in [2.24, 2.45) is 5.73 Å². The summed E-state index contributed by atoms with van der Waals surface area (Å²) >= 11 is 16.8. The van der Waals surface area contributed by atoms with Gasteiger partial charge in [-0.25, -0.2) is 0 Å². The first-order valence-corrected chi connectivity index (χ1v) is 7.10. The lowest BCUT2D eigenvalue weighted by Gasteiger charge is -2.31. The molecule has 1 rings (SSSR count). The van der Waals surface area contributed by atoms with Gasteiger partial charge in [0.1, 0.15) is 0 Å². The number of halogens is 2. The highest BCUT2D eigenvalue weighted by molar-refractivity contribution is 7.80. The predicted octanol–water partition coefficient (Wildman–Crippen LogP) is 3.57. The molecule has 0 aromatic heterocycles. The summed E-state index contributed by atoms with van der Waals surface area (Å²) < 4.78 is 0. The molecule has 1 aromatic rings. The maximum Gasteiger partial charge on any atom is 0.252 e. The minimum atomic E-state index is -0.668. The average Bonchev–Trinajstić information content (AvgIpc) is 2.38. The highest BCUT2D eigenvalue weighted by Crippen LogP contribution is 2.23. The van der Waals surface area contributed by atoms with E-state index in [1.165, 1.54) is 6.07 Å². The predicted molar refractivity (Wildman–Crippen MR) is 84.0 cm³/mol. The molecule has 0 unspecified atom stereocenters. The van der Waals surface area contributed by atoms with E-state index in [4.69, 9.17) is 41.2 Å². The van der Waals surface area contributed by atoms with Crippen molar-refractivity contribution in [3.8, 4) is 0 Å². The quantitative estimate of drug-likeness (QED) is 0.816. The first-order chi connectivity index (χ1) is 8.86. The summed E-state index contributed by atoms with van der Waals surface area (Å²) in [5, 5.41) is 3.63. The van der Waals surface area contributed by atoms with Crippen molar-refractivity contribution in [3.05, 3.63) is 33.8 Å². The fourth-order valence-corrected chi connectivity index (χ4v) is 2.40. The summed E-state index contributed by atoms with van der Waals surface area (Å²) in [6.07, 6.45) is 1.26. The first-order valence-electron chi connectivity index (χ1n) is 5.93. The largest absolute Gasteiger partial charge is 0.391 e. The molecule has 0 saturated carbocycles. The molecule has 0 aliphatic rings. The van der Waals surface area contributed by atoms with Gasteiger partial charge in [0, 0.05) is 5.56 Å². The number of hydrogen-bond acceptors (Lipinski definition) is 2. The van der Waals surface area contributed by atoms with Crippen LogP contribution in [-0.2, 0) is 0 Å². The van der Waals surface area contributed by atoms with Crippen LogP contribution in [0.4, 0.5) is 0 Å². The molecule has 6 heteroatoms. The van der Waals surface area contributed by atoms with Gasteiger partial charge in [-0.05, 0) is 31.0 Å². The minimum absolute atomic E-state index is 0.268. The number of nitrogens with one attached hydrogen (secondary N) is 1. The first kappa shape index (κ1) is 16.2. The lowest BCUT2D eigenvalue weighted by atomic mass is 9.92. The fourth-order valence-electron chi connectivity index (χ4n) is 1.76. The van der Waals surface area contributed by atoms with Gasteiger partial charge in [-0.1, -0.05) is 49.3 Å². The minimum Gasteiger partial charge on any atom is -0.391 e. The van der Waals surface area contributed by atoms with E-state index in [0.29, 0.717) is 28.5 Å². The van der Waals surface area contributed by atoms with Gasteiger partial charge < -0.3 is 11.1 Å². The van der Waals surface area contributed by atoms with E-state index < -0.39 is 5.54 Å². The van der Waals surface area contributed by atoms with Crippen molar-refractivity contribution in [1.29, 1.82) is 0 Å². The van der Waals surface area contributed by atoms with E-state index in [1.54, 1.807) is 12.1 Å². The third kappa shape index (κ3) is 3.59. The molecule has 3 N–H and O–H groups in total. The zero-order chi connectivity index (χ0) is 14.6. The van der Waals surface area contributed by atoms with Crippen LogP contribution in [0.5, 0.6) is 0 Å². The second kappa shape index (κ2) is 6.55. The van der Waals surface area contributed by atoms with E-state index in [1.807, 2.05) is 13.8 Å². The zero-order valence-electron chi connectivity index (χ0n) is 10.8. The van der Waals surface area contributed by atoms with Gasteiger partial charge in [0.15, 0.2) is 0 Å². The molecule has 0 atom stereocenters. The summed E-state index contributed by atoms with van der Waals surface area (Å²) in [5.41, 5.74) is 5.50. The van der Waals surface area contributed by atoms with E-state index in [0.717, 1.165) is 0 Å². The van der Waals surface area contributed by atoms with Crippen molar-refractivity contribution in [2.45, 2.75) is 32.2 Å². The molecule has 0 bridgehead atoms. The van der Waals surface area contributed by atoms with Crippen molar-refractivity contribution < 1.29 is 4.79 Å². The maximum atomic E-state index is 12.2. The number of thiocarbonyl (C=S) groups is 1. The Morgan fingerprint density at radius 1 is 1.32 bits per heavy atom. The summed E-state index contributed by atoms with van der Waals surface area (Å²) in [5.74, 6) is -0.268. The number of benzene rings is 1. The molecule has 19 heavy (non-hydrogen) atoms. The van der Waals surface area contributed by atoms with Crippen molar-refractivity contribution >= 4 is 46.3 Å². The van der Waals surface area contributed by atoms with E-state index in [9.17, 15) is 4.79 Å². The van der Waals surface area contributed by atoms with E-state index >= 15 is 0 Å². The topological polar surface area (TPSA) is 55.1 Å². The van der Waals surface area contributed by atoms with Gasteiger partial charge in [0.05, 0.1) is 20.6 Å². The van der Waals surface area contributed by atoms with E-state index in [2.05, 4.69) is 5.32 Å². The molecule has 0 spiro atoms. The van der Waals surface area contributed by atoms with Gasteiger partial charge >= 0.3 is 0 Å². The Morgan fingerprint density at radius 3 is 2.32 bits per heavy atom. The zero-order valence-corrected chi connectivity index (χ0v) is 13.1. The number of carbonyl (C=O) groups excluding carboxylic acids is 1. The number of nitrogens with two attached hydrogens (primary N) is 1. The molecule has 3 nitrogen and oxygen atoms in total. The second-order valence-corrected chi connectivity index (χ2v) is 5.49. The van der Waals surface area contributed by atoms with Gasteiger partial charge in [-0.15, -0.1) is 0 Å². The standard InChI is InChI=1S/C13H16Cl2N2OS/c1-3-13(4-2,12(16)19)17-11(18)8-5-6-9(14)10(15)7-8/h5-7H,3-4H2,1-2H3,(H2,16,19)(H,17,18). The summed E-state index contributed by atoms with van der Waals surface area (Å²) in [4.78, 5) is 12.5. The molecule has 0 fully saturated rings.